The summed E-state index contributed by atoms with van der Waals surface area (Å²) in [4.78, 5) is 19.2. The highest BCUT2D eigenvalue weighted by Gasteiger charge is 2.25. The minimum atomic E-state index is -0.0109. The zero-order chi connectivity index (χ0) is 18.1. The van der Waals surface area contributed by atoms with Crippen molar-refractivity contribution in [3.8, 4) is 0 Å². The number of fused-ring (bicyclic) bond motifs is 1. The van der Waals surface area contributed by atoms with Crippen LogP contribution in [0, 0.1) is 6.92 Å². The molecule has 2 aromatic carbocycles. The van der Waals surface area contributed by atoms with Gasteiger partial charge in [-0.25, -0.2) is 4.98 Å². The van der Waals surface area contributed by atoms with Gasteiger partial charge in [0.25, 0.3) is 5.91 Å². The van der Waals surface area contributed by atoms with E-state index in [1.807, 2.05) is 48.2 Å². The summed E-state index contributed by atoms with van der Waals surface area (Å²) in [6.07, 6.45) is 2.54. The summed E-state index contributed by atoms with van der Waals surface area (Å²) in [6.45, 7) is 2.65. The van der Waals surface area contributed by atoms with Crippen LogP contribution in [0.4, 0.5) is 17.2 Å². The zero-order valence-electron chi connectivity index (χ0n) is 14.4. The first-order valence-electron chi connectivity index (χ1n) is 8.51. The lowest BCUT2D eigenvalue weighted by atomic mass is 10.1. The Hall–Kier alpha value is -2.85. The topological polar surface area (TPSA) is 45.2 Å². The predicted octanol–water partition coefficient (Wildman–Crippen LogP) is 4.99. The minimum Gasteiger partial charge on any atom is -0.340 e. The van der Waals surface area contributed by atoms with Gasteiger partial charge in [-0.1, -0.05) is 35.9 Å². The number of carbonyl (C=O) groups excluding carboxylic acids is 1. The number of halogens is 1. The van der Waals surface area contributed by atoms with Crippen molar-refractivity contribution in [1.29, 1.82) is 0 Å². The number of aromatic nitrogens is 1. The number of benzene rings is 2. The third-order valence-electron chi connectivity index (χ3n) is 4.67. The second kappa shape index (κ2) is 6.81. The lowest BCUT2D eigenvalue weighted by Gasteiger charge is -2.18. The number of rotatable bonds is 3. The Morgan fingerprint density at radius 1 is 1.15 bits per heavy atom. The van der Waals surface area contributed by atoms with Crippen LogP contribution in [0.1, 0.15) is 21.5 Å². The quantitative estimate of drug-likeness (QED) is 0.713. The van der Waals surface area contributed by atoms with E-state index in [2.05, 4.69) is 16.4 Å². The molecule has 0 radical (unpaired) electrons. The fourth-order valence-corrected chi connectivity index (χ4v) is 3.39. The van der Waals surface area contributed by atoms with E-state index in [1.165, 1.54) is 5.56 Å². The van der Waals surface area contributed by atoms with Crippen LogP contribution in [-0.2, 0) is 6.42 Å². The molecule has 0 atom stereocenters. The summed E-state index contributed by atoms with van der Waals surface area (Å²) in [6, 6.07) is 17.2. The van der Waals surface area contributed by atoms with Gasteiger partial charge in [0.1, 0.15) is 5.82 Å². The molecule has 0 unspecified atom stereocenters. The van der Waals surface area contributed by atoms with Crippen molar-refractivity contribution in [3.63, 3.8) is 0 Å². The average molecular weight is 364 g/mol. The van der Waals surface area contributed by atoms with Gasteiger partial charge in [0.2, 0.25) is 0 Å². The Bertz CT molecular complexity index is 986. The summed E-state index contributed by atoms with van der Waals surface area (Å²) >= 11 is 6.17. The zero-order valence-corrected chi connectivity index (χ0v) is 15.1. The van der Waals surface area contributed by atoms with Crippen molar-refractivity contribution in [2.75, 3.05) is 16.8 Å². The first kappa shape index (κ1) is 16.6. The Morgan fingerprint density at radius 2 is 2.00 bits per heavy atom. The van der Waals surface area contributed by atoms with Gasteiger partial charge in [0.05, 0.1) is 0 Å². The van der Waals surface area contributed by atoms with Crippen molar-refractivity contribution in [3.05, 3.63) is 82.5 Å². The molecular weight excluding hydrogens is 346 g/mol. The fourth-order valence-electron chi connectivity index (χ4n) is 3.22. The first-order valence-corrected chi connectivity index (χ1v) is 8.89. The maximum Gasteiger partial charge on any atom is 0.258 e. The summed E-state index contributed by atoms with van der Waals surface area (Å²) < 4.78 is 0. The second-order valence-corrected chi connectivity index (χ2v) is 6.71. The highest BCUT2D eigenvalue weighted by atomic mass is 35.5. The van der Waals surface area contributed by atoms with E-state index >= 15 is 0 Å². The number of hydrogen-bond donors (Lipinski definition) is 1. The van der Waals surface area contributed by atoms with Gasteiger partial charge in [0, 0.05) is 34.7 Å². The molecule has 4 rings (SSSR count). The van der Waals surface area contributed by atoms with Crippen molar-refractivity contribution < 1.29 is 4.79 Å². The molecule has 1 aliphatic rings. The third kappa shape index (κ3) is 3.04. The van der Waals surface area contributed by atoms with Gasteiger partial charge in [-0.2, -0.15) is 0 Å². The smallest absolute Gasteiger partial charge is 0.258 e. The van der Waals surface area contributed by atoms with E-state index in [-0.39, 0.29) is 5.91 Å². The second-order valence-electron chi connectivity index (χ2n) is 6.30. The van der Waals surface area contributed by atoms with Gasteiger partial charge in [0.15, 0.2) is 0 Å². The number of anilines is 3. The van der Waals surface area contributed by atoms with E-state index in [0.29, 0.717) is 22.9 Å². The molecule has 0 spiro atoms. The van der Waals surface area contributed by atoms with Crippen molar-refractivity contribution in [1.82, 2.24) is 4.98 Å². The molecule has 2 heterocycles. The molecule has 26 heavy (non-hydrogen) atoms. The average Bonchev–Trinajstić information content (AvgIpc) is 3.09. The standard InChI is InChI=1S/C21H18ClN3O/c1-14-17(22)6-4-7-18(14)24-20-13-16(9-11-23-20)21(26)25-12-10-15-5-2-3-8-19(15)25/h2-9,11,13H,10,12H2,1H3,(H,23,24). The van der Waals surface area contributed by atoms with Crippen LogP contribution in [0.25, 0.3) is 0 Å². The van der Waals surface area contributed by atoms with Crippen LogP contribution >= 0.6 is 11.6 Å². The van der Waals surface area contributed by atoms with Gasteiger partial charge in [-0.15, -0.1) is 0 Å². The Balaban J connectivity index is 1.60. The van der Waals surface area contributed by atoms with Gasteiger partial charge >= 0.3 is 0 Å². The molecule has 0 saturated heterocycles. The molecule has 1 aliphatic heterocycles. The first-order chi connectivity index (χ1) is 12.6. The number of para-hydroxylation sites is 1. The molecule has 0 saturated carbocycles. The number of carbonyl (C=O) groups is 1. The van der Waals surface area contributed by atoms with Crippen molar-refractivity contribution >= 4 is 34.7 Å². The van der Waals surface area contributed by atoms with Crippen molar-refractivity contribution in [2.24, 2.45) is 0 Å². The van der Waals surface area contributed by atoms with E-state index in [1.54, 1.807) is 18.3 Å². The molecular formula is C21H18ClN3O. The molecule has 0 bridgehead atoms. The van der Waals surface area contributed by atoms with E-state index < -0.39 is 0 Å². The van der Waals surface area contributed by atoms with E-state index in [0.717, 1.165) is 23.4 Å². The summed E-state index contributed by atoms with van der Waals surface area (Å²) in [5.41, 5.74) is 4.64. The Kier molecular flexibility index (Phi) is 4.35. The molecule has 5 heteroatoms. The van der Waals surface area contributed by atoms with Gasteiger partial charge in [-0.3, -0.25) is 4.79 Å². The molecule has 1 N–H and O–H groups in total. The molecule has 4 nitrogen and oxygen atoms in total. The summed E-state index contributed by atoms with van der Waals surface area (Å²) in [5, 5.41) is 3.94. The largest absolute Gasteiger partial charge is 0.340 e. The van der Waals surface area contributed by atoms with Gasteiger partial charge in [-0.05, 0) is 54.8 Å². The normalized spacial score (nSPS) is 12.8. The number of nitrogens with zero attached hydrogens (tertiary/aromatic N) is 2. The van der Waals surface area contributed by atoms with Crippen LogP contribution < -0.4 is 10.2 Å². The van der Waals surface area contributed by atoms with Crippen LogP contribution in [0.5, 0.6) is 0 Å². The lowest BCUT2D eigenvalue weighted by molar-refractivity contribution is 0.0989. The molecule has 0 aliphatic carbocycles. The Morgan fingerprint density at radius 3 is 2.88 bits per heavy atom. The maximum atomic E-state index is 13.0. The fraction of sp³-hybridized carbons (Fsp3) is 0.143. The van der Waals surface area contributed by atoms with Crippen LogP contribution in [0.3, 0.4) is 0 Å². The number of nitrogens with one attached hydrogen (secondary N) is 1. The van der Waals surface area contributed by atoms with Crippen LogP contribution in [0.15, 0.2) is 60.8 Å². The highest BCUT2D eigenvalue weighted by molar-refractivity contribution is 6.31. The van der Waals surface area contributed by atoms with E-state index in [4.69, 9.17) is 11.6 Å². The SMILES string of the molecule is Cc1c(Cl)cccc1Nc1cc(C(=O)N2CCc3ccccc32)ccn1. The van der Waals surface area contributed by atoms with E-state index in [9.17, 15) is 4.79 Å². The Labute approximate surface area is 157 Å². The maximum absolute atomic E-state index is 13.0. The number of pyridine rings is 1. The third-order valence-corrected chi connectivity index (χ3v) is 5.08. The summed E-state index contributed by atoms with van der Waals surface area (Å²) in [7, 11) is 0. The van der Waals surface area contributed by atoms with Crippen molar-refractivity contribution in [2.45, 2.75) is 13.3 Å². The summed E-state index contributed by atoms with van der Waals surface area (Å²) in [5.74, 6) is 0.608. The number of hydrogen-bond acceptors (Lipinski definition) is 3. The molecule has 130 valence electrons. The molecule has 1 aromatic heterocycles. The lowest BCUT2D eigenvalue weighted by Crippen LogP contribution is -2.28. The highest BCUT2D eigenvalue weighted by Crippen LogP contribution is 2.30. The monoisotopic (exact) mass is 363 g/mol. The molecule has 3 aromatic rings. The van der Waals surface area contributed by atoms with Gasteiger partial charge < -0.3 is 10.2 Å². The number of amides is 1. The predicted molar refractivity (Wildman–Crippen MR) is 106 cm³/mol. The minimum absolute atomic E-state index is 0.0109. The molecule has 0 fully saturated rings. The molecule has 1 amide bonds. The van der Waals surface area contributed by atoms with Crippen LogP contribution in [-0.4, -0.2) is 17.4 Å². The van der Waals surface area contributed by atoms with Crippen LogP contribution in [0.2, 0.25) is 5.02 Å².